The third-order valence-electron chi connectivity index (χ3n) is 5.89. The molecule has 0 unspecified atom stereocenters. The molecule has 1 N–H and O–H groups in total. The van der Waals surface area contributed by atoms with Crippen molar-refractivity contribution in [3.8, 4) is 22.6 Å². The molecule has 166 valence electrons. The maximum absolute atomic E-state index is 12.6. The van der Waals surface area contributed by atoms with Gasteiger partial charge in [0.15, 0.2) is 0 Å². The molecule has 0 aliphatic carbocycles. The Bertz CT molecular complexity index is 1020. The van der Waals surface area contributed by atoms with Crippen LogP contribution in [0.1, 0.15) is 28.8 Å². The van der Waals surface area contributed by atoms with E-state index in [0.29, 0.717) is 12.1 Å². The highest BCUT2D eigenvalue weighted by Gasteiger charge is 2.18. The van der Waals surface area contributed by atoms with Crippen molar-refractivity contribution in [2.75, 3.05) is 27.2 Å². The van der Waals surface area contributed by atoms with Gasteiger partial charge < -0.3 is 19.7 Å². The van der Waals surface area contributed by atoms with Gasteiger partial charge in [-0.1, -0.05) is 36.4 Å². The first-order valence-corrected chi connectivity index (χ1v) is 11.1. The van der Waals surface area contributed by atoms with Gasteiger partial charge >= 0.3 is 0 Å². The van der Waals surface area contributed by atoms with Gasteiger partial charge in [0.1, 0.15) is 17.6 Å². The predicted molar refractivity (Wildman–Crippen MR) is 127 cm³/mol. The van der Waals surface area contributed by atoms with Gasteiger partial charge in [-0.2, -0.15) is 0 Å². The van der Waals surface area contributed by atoms with Crippen molar-refractivity contribution >= 4 is 5.91 Å². The Morgan fingerprint density at radius 3 is 2.25 bits per heavy atom. The molecule has 5 heteroatoms. The summed E-state index contributed by atoms with van der Waals surface area (Å²) in [7, 11) is 3.80. The van der Waals surface area contributed by atoms with Gasteiger partial charge in [-0.25, -0.2) is 0 Å². The highest BCUT2D eigenvalue weighted by molar-refractivity contribution is 5.94. The zero-order valence-electron chi connectivity index (χ0n) is 18.7. The summed E-state index contributed by atoms with van der Waals surface area (Å²) in [5.41, 5.74) is 3.81. The highest BCUT2D eigenvalue weighted by Crippen LogP contribution is 2.23. The van der Waals surface area contributed by atoms with Crippen LogP contribution in [0.4, 0.5) is 0 Å². The molecule has 32 heavy (non-hydrogen) atoms. The van der Waals surface area contributed by atoms with E-state index in [9.17, 15) is 4.79 Å². The first-order valence-electron chi connectivity index (χ1n) is 11.1. The van der Waals surface area contributed by atoms with E-state index in [0.717, 1.165) is 54.1 Å². The molecule has 5 nitrogen and oxygen atoms in total. The zero-order valence-corrected chi connectivity index (χ0v) is 18.7. The number of nitrogens with one attached hydrogen (secondary N) is 1. The summed E-state index contributed by atoms with van der Waals surface area (Å²) >= 11 is 0. The zero-order chi connectivity index (χ0) is 22.3. The van der Waals surface area contributed by atoms with Crippen LogP contribution in [0, 0.1) is 0 Å². The van der Waals surface area contributed by atoms with Gasteiger partial charge in [0.25, 0.3) is 5.91 Å². The summed E-state index contributed by atoms with van der Waals surface area (Å²) in [6, 6.07) is 23.5. The maximum atomic E-state index is 12.6. The lowest BCUT2D eigenvalue weighted by Gasteiger charge is -2.29. The standard InChI is InChI=1S/C27H30N2O3/c1-29-16-14-25(15-17-29)32-26-5-3-4-20(18-26)19-28-27(30)23-8-6-21(7-9-23)22-10-12-24(31-2)13-11-22/h3-13,18,25H,14-17,19H2,1-2H3,(H,28,30). The van der Waals surface area contributed by atoms with Crippen LogP contribution in [0.25, 0.3) is 11.1 Å². The van der Waals surface area contributed by atoms with Crippen molar-refractivity contribution in [3.05, 3.63) is 83.9 Å². The number of nitrogens with zero attached hydrogens (tertiary/aromatic N) is 1. The van der Waals surface area contributed by atoms with Crippen LogP contribution < -0.4 is 14.8 Å². The summed E-state index contributed by atoms with van der Waals surface area (Å²) in [5, 5.41) is 3.01. The van der Waals surface area contributed by atoms with Gasteiger partial charge in [0.05, 0.1) is 7.11 Å². The van der Waals surface area contributed by atoms with Crippen LogP contribution in [0.15, 0.2) is 72.8 Å². The monoisotopic (exact) mass is 430 g/mol. The molecule has 1 aliphatic heterocycles. The average molecular weight is 431 g/mol. The number of rotatable bonds is 7. The Hall–Kier alpha value is -3.31. The molecule has 0 saturated carbocycles. The summed E-state index contributed by atoms with van der Waals surface area (Å²) in [4.78, 5) is 14.9. The topological polar surface area (TPSA) is 50.8 Å². The average Bonchev–Trinajstić information content (AvgIpc) is 2.84. The number of amides is 1. The minimum atomic E-state index is -0.0899. The van der Waals surface area contributed by atoms with Gasteiger partial charge in [0, 0.05) is 25.2 Å². The molecule has 0 spiro atoms. The molecule has 1 fully saturated rings. The van der Waals surface area contributed by atoms with Crippen molar-refractivity contribution < 1.29 is 14.3 Å². The minimum Gasteiger partial charge on any atom is -0.497 e. The summed E-state index contributed by atoms with van der Waals surface area (Å²) < 4.78 is 11.4. The maximum Gasteiger partial charge on any atom is 0.251 e. The fourth-order valence-corrected chi connectivity index (χ4v) is 3.91. The number of hydrogen-bond acceptors (Lipinski definition) is 4. The van der Waals surface area contributed by atoms with Gasteiger partial charge in [-0.05, 0) is 73.0 Å². The van der Waals surface area contributed by atoms with Crippen LogP contribution in [0.2, 0.25) is 0 Å². The molecule has 0 bridgehead atoms. The van der Waals surface area contributed by atoms with E-state index in [1.807, 2.05) is 72.8 Å². The van der Waals surface area contributed by atoms with E-state index in [-0.39, 0.29) is 12.0 Å². The van der Waals surface area contributed by atoms with E-state index in [1.54, 1.807) is 7.11 Å². The fourth-order valence-electron chi connectivity index (χ4n) is 3.91. The molecule has 4 rings (SSSR count). The number of hydrogen-bond donors (Lipinski definition) is 1. The second-order valence-corrected chi connectivity index (χ2v) is 8.26. The van der Waals surface area contributed by atoms with Crippen LogP contribution in [-0.4, -0.2) is 44.2 Å². The number of carbonyl (C=O) groups excluding carboxylic acids is 1. The van der Waals surface area contributed by atoms with Crippen LogP contribution in [0.3, 0.4) is 0 Å². The van der Waals surface area contributed by atoms with Gasteiger partial charge in [0.2, 0.25) is 0 Å². The first-order chi connectivity index (χ1) is 15.6. The number of carbonyl (C=O) groups is 1. The first kappa shape index (κ1) is 21.9. The molecular formula is C27H30N2O3. The number of likely N-dealkylation sites (tertiary alicyclic amines) is 1. The van der Waals surface area contributed by atoms with E-state index >= 15 is 0 Å². The Morgan fingerprint density at radius 2 is 1.59 bits per heavy atom. The molecule has 0 aromatic heterocycles. The minimum absolute atomic E-state index is 0.0899. The largest absolute Gasteiger partial charge is 0.497 e. The van der Waals surface area contributed by atoms with E-state index < -0.39 is 0 Å². The molecule has 1 amide bonds. The molecule has 1 saturated heterocycles. The van der Waals surface area contributed by atoms with E-state index in [4.69, 9.17) is 9.47 Å². The van der Waals surface area contributed by atoms with Crippen LogP contribution >= 0.6 is 0 Å². The summed E-state index contributed by atoms with van der Waals surface area (Å²) in [6.45, 7) is 2.60. The Kier molecular flexibility index (Phi) is 7.07. The smallest absolute Gasteiger partial charge is 0.251 e. The fraction of sp³-hybridized carbons (Fsp3) is 0.296. The Balaban J connectivity index is 1.32. The molecule has 1 heterocycles. The number of piperidine rings is 1. The molecule has 1 aliphatic rings. The summed E-state index contributed by atoms with van der Waals surface area (Å²) in [5.74, 6) is 1.61. The third-order valence-corrected chi connectivity index (χ3v) is 5.89. The lowest BCUT2D eigenvalue weighted by Crippen LogP contribution is -2.35. The number of methoxy groups -OCH3 is 1. The molecule has 3 aromatic rings. The lowest BCUT2D eigenvalue weighted by molar-refractivity contribution is 0.0950. The number of benzene rings is 3. The van der Waals surface area contributed by atoms with Crippen LogP contribution in [0.5, 0.6) is 11.5 Å². The predicted octanol–water partition coefficient (Wildman–Crippen LogP) is 4.77. The second kappa shape index (κ2) is 10.3. The number of ether oxygens (including phenoxy) is 2. The van der Waals surface area contributed by atoms with Crippen molar-refractivity contribution in [1.29, 1.82) is 0 Å². The van der Waals surface area contributed by atoms with Crippen molar-refractivity contribution in [1.82, 2.24) is 10.2 Å². The third kappa shape index (κ3) is 5.68. The summed E-state index contributed by atoms with van der Waals surface area (Å²) in [6.07, 6.45) is 2.36. The second-order valence-electron chi connectivity index (χ2n) is 8.26. The Morgan fingerprint density at radius 1 is 0.938 bits per heavy atom. The van der Waals surface area contributed by atoms with Crippen molar-refractivity contribution in [2.24, 2.45) is 0 Å². The van der Waals surface area contributed by atoms with E-state index in [1.165, 1.54) is 0 Å². The quantitative estimate of drug-likeness (QED) is 0.587. The van der Waals surface area contributed by atoms with Crippen molar-refractivity contribution in [2.45, 2.75) is 25.5 Å². The van der Waals surface area contributed by atoms with E-state index in [2.05, 4.69) is 17.3 Å². The lowest BCUT2D eigenvalue weighted by atomic mass is 10.0. The highest BCUT2D eigenvalue weighted by atomic mass is 16.5. The molecule has 0 radical (unpaired) electrons. The molecule has 3 aromatic carbocycles. The normalized spacial score (nSPS) is 14.7. The van der Waals surface area contributed by atoms with Crippen LogP contribution in [-0.2, 0) is 6.54 Å². The molecular weight excluding hydrogens is 400 g/mol. The molecule has 0 atom stereocenters. The van der Waals surface area contributed by atoms with Gasteiger partial charge in [-0.3, -0.25) is 4.79 Å². The van der Waals surface area contributed by atoms with Gasteiger partial charge in [-0.15, -0.1) is 0 Å². The van der Waals surface area contributed by atoms with Crippen molar-refractivity contribution in [3.63, 3.8) is 0 Å². The SMILES string of the molecule is COc1ccc(-c2ccc(C(=O)NCc3cccc(OC4CCN(C)CC4)c3)cc2)cc1. The Labute approximate surface area is 190 Å².